The second-order valence-corrected chi connectivity index (χ2v) is 13.4. The molecule has 1 amide bonds. The maximum atomic E-state index is 14.1. The molecule has 1 unspecified atom stereocenters. The number of hydrogen-bond acceptors (Lipinski definition) is 5. The van der Waals surface area contributed by atoms with Crippen molar-refractivity contribution in [3.8, 4) is 5.75 Å². The summed E-state index contributed by atoms with van der Waals surface area (Å²) in [5.74, 6) is 2.24. The van der Waals surface area contributed by atoms with E-state index in [4.69, 9.17) is 9.84 Å². The highest BCUT2D eigenvalue weighted by Crippen LogP contribution is 2.40. The molecule has 0 aromatic heterocycles. The normalized spacial score (nSPS) is 29.9. The molecule has 220 valence electrons. The minimum atomic E-state index is -0.260. The molecule has 6 nitrogen and oxygen atoms in total. The number of hydrazone groups is 1. The van der Waals surface area contributed by atoms with E-state index in [-0.39, 0.29) is 23.3 Å². The van der Waals surface area contributed by atoms with Crippen molar-refractivity contribution < 1.29 is 14.6 Å². The summed E-state index contributed by atoms with van der Waals surface area (Å²) >= 11 is 0. The summed E-state index contributed by atoms with van der Waals surface area (Å²) in [5, 5.41) is 17.1. The first-order chi connectivity index (χ1) is 19.8. The number of carbonyl (C=O) groups is 1. The van der Waals surface area contributed by atoms with Gasteiger partial charge in [-0.05, 0) is 125 Å². The number of aliphatic hydroxyl groups excluding tert-OH is 1. The molecule has 2 aromatic carbocycles. The Hall–Kier alpha value is -2.86. The fourth-order valence-electron chi connectivity index (χ4n) is 7.37. The van der Waals surface area contributed by atoms with E-state index in [0.29, 0.717) is 17.9 Å². The van der Waals surface area contributed by atoms with Crippen molar-refractivity contribution in [2.75, 3.05) is 25.1 Å². The molecule has 0 radical (unpaired) electrons. The van der Waals surface area contributed by atoms with E-state index < -0.39 is 0 Å². The predicted octanol–water partition coefficient (Wildman–Crippen LogP) is 6.58. The second kappa shape index (κ2) is 11.8. The number of methoxy groups -OCH3 is 1. The molecule has 4 aliphatic rings. The highest BCUT2D eigenvalue weighted by molar-refractivity contribution is 5.95. The van der Waals surface area contributed by atoms with E-state index in [2.05, 4.69) is 72.4 Å². The molecular formula is C35H47N3O3. The van der Waals surface area contributed by atoms with Gasteiger partial charge in [0, 0.05) is 35.8 Å². The van der Waals surface area contributed by atoms with Crippen molar-refractivity contribution >= 4 is 17.8 Å². The van der Waals surface area contributed by atoms with E-state index in [1.165, 1.54) is 29.5 Å². The van der Waals surface area contributed by atoms with Crippen LogP contribution < -0.4 is 9.64 Å². The molecule has 3 fully saturated rings. The number of aliphatic hydroxyl groups is 1. The second-order valence-electron chi connectivity index (χ2n) is 13.4. The average Bonchev–Trinajstić information content (AvgIpc) is 3.77. The first-order valence-electron chi connectivity index (χ1n) is 15.9. The number of anilines is 1. The van der Waals surface area contributed by atoms with Gasteiger partial charge in [-0.25, -0.2) is 0 Å². The van der Waals surface area contributed by atoms with Crippen LogP contribution in [0.25, 0.3) is 0 Å². The van der Waals surface area contributed by atoms with E-state index in [9.17, 15) is 9.90 Å². The monoisotopic (exact) mass is 557 g/mol. The molecule has 0 saturated heterocycles. The van der Waals surface area contributed by atoms with Crippen molar-refractivity contribution in [1.29, 1.82) is 0 Å². The molecule has 6 heteroatoms. The van der Waals surface area contributed by atoms with Gasteiger partial charge < -0.3 is 14.7 Å². The number of amides is 1. The van der Waals surface area contributed by atoms with E-state index >= 15 is 0 Å². The minimum Gasteiger partial charge on any atom is -0.496 e. The van der Waals surface area contributed by atoms with Crippen molar-refractivity contribution in [3.05, 3.63) is 59.2 Å². The molecule has 0 spiro atoms. The highest BCUT2D eigenvalue weighted by Gasteiger charge is 2.39. The van der Waals surface area contributed by atoms with Crippen molar-refractivity contribution in [2.45, 2.75) is 102 Å². The fraction of sp³-hybridized carbons (Fsp3) is 0.600. The first kappa shape index (κ1) is 28.3. The number of hydrogen-bond donors (Lipinski definition) is 1. The Morgan fingerprint density at radius 3 is 2.46 bits per heavy atom. The summed E-state index contributed by atoms with van der Waals surface area (Å²) in [6.07, 6.45) is 11.9. The molecule has 2 aromatic rings. The lowest BCUT2D eigenvalue weighted by molar-refractivity contribution is -0.124. The maximum absolute atomic E-state index is 14.1. The maximum Gasteiger partial charge on any atom is 0.230 e. The number of benzene rings is 2. The molecule has 6 rings (SSSR count). The molecule has 41 heavy (non-hydrogen) atoms. The summed E-state index contributed by atoms with van der Waals surface area (Å²) in [7, 11) is 1.73. The van der Waals surface area contributed by atoms with Crippen LogP contribution in [0.1, 0.15) is 93.7 Å². The Labute approximate surface area is 245 Å². The van der Waals surface area contributed by atoms with Crippen LogP contribution in [0.15, 0.2) is 47.6 Å². The van der Waals surface area contributed by atoms with Gasteiger partial charge >= 0.3 is 0 Å². The Morgan fingerprint density at radius 1 is 1.02 bits per heavy atom. The number of aryl methyl sites for hydroxylation is 1. The van der Waals surface area contributed by atoms with Crippen LogP contribution in [-0.4, -0.2) is 54.6 Å². The standard InChI is InChI=1S/C35H47N3O3/c1-24-19-28(13-18-33(24)41-3)26-9-7-25(8-10-26)21-37(34(40)27-11-16-32(39)17-12-27)31-6-4-5-29(20-31)35(2)22-36-38(23-35)30-14-15-30/h4-6,13,18-20,22,25-27,30,32,39H,7-12,14-17,21,23H2,1-3H3. The zero-order chi connectivity index (χ0) is 28.6. The Kier molecular flexibility index (Phi) is 8.13. The molecule has 1 aliphatic heterocycles. The summed E-state index contributed by atoms with van der Waals surface area (Å²) in [6, 6.07) is 15.9. The molecule has 1 heterocycles. The van der Waals surface area contributed by atoms with Gasteiger partial charge in [0.2, 0.25) is 5.91 Å². The third-order valence-corrected chi connectivity index (χ3v) is 10.3. The van der Waals surface area contributed by atoms with Crippen LogP contribution in [0.5, 0.6) is 5.75 Å². The lowest BCUT2D eigenvalue weighted by atomic mass is 9.78. The molecule has 3 saturated carbocycles. The lowest BCUT2D eigenvalue weighted by Crippen LogP contribution is -2.42. The molecular weight excluding hydrogens is 510 g/mol. The topological polar surface area (TPSA) is 65.4 Å². The summed E-state index contributed by atoms with van der Waals surface area (Å²) in [4.78, 5) is 16.2. The van der Waals surface area contributed by atoms with Gasteiger partial charge in [0.05, 0.1) is 19.8 Å². The highest BCUT2D eigenvalue weighted by atomic mass is 16.5. The predicted molar refractivity (Wildman–Crippen MR) is 165 cm³/mol. The third-order valence-electron chi connectivity index (χ3n) is 10.3. The third kappa shape index (κ3) is 6.18. The van der Waals surface area contributed by atoms with Crippen LogP contribution in [0.2, 0.25) is 0 Å². The minimum absolute atomic E-state index is 0.00495. The van der Waals surface area contributed by atoms with Crippen LogP contribution in [0, 0.1) is 18.8 Å². The molecule has 3 aliphatic carbocycles. The largest absolute Gasteiger partial charge is 0.496 e. The van der Waals surface area contributed by atoms with Crippen LogP contribution in [0.4, 0.5) is 5.69 Å². The first-order valence-corrected chi connectivity index (χ1v) is 15.9. The van der Waals surface area contributed by atoms with Crippen molar-refractivity contribution in [1.82, 2.24) is 5.01 Å². The molecule has 0 bridgehead atoms. The number of ether oxygens (including phenoxy) is 1. The van der Waals surface area contributed by atoms with Gasteiger partial charge in [0.1, 0.15) is 5.75 Å². The van der Waals surface area contributed by atoms with E-state index in [1.54, 1.807) is 7.11 Å². The molecule has 1 atom stereocenters. The Bertz CT molecular complexity index is 1260. The SMILES string of the molecule is COc1ccc(C2CCC(CN(C(=O)C3CCC(O)CC3)c3cccc(C4(C)C=NN(C5CC5)C4)c3)CC2)cc1C. The van der Waals surface area contributed by atoms with Gasteiger partial charge in [0.25, 0.3) is 0 Å². The molecule has 1 N–H and O–H groups in total. The van der Waals surface area contributed by atoms with Gasteiger partial charge in [-0.3, -0.25) is 9.80 Å². The van der Waals surface area contributed by atoms with E-state index in [1.807, 2.05) is 0 Å². The number of nitrogens with zero attached hydrogens (tertiary/aromatic N) is 3. The summed E-state index contributed by atoms with van der Waals surface area (Å²) in [6.45, 7) is 6.07. The smallest absolute Gasteiger partial charge is 0.230 e. The number of carbonyl (C=O) groups excluding carboxylic acids is 1. The zero-order valence-electron chi connectivity index (χ0n) is 25.1. The van der Waals surface area contributed by atoms with Gasteiger partial charge in [-0.2, -0.15) is 5.10 Å². The number of rotatable bonds is 8. The van der Waals surface area contributed by atoms with Gasteiger partial charge in [0.15, 0.2) is 0 Å². The van der Waals surface area contributed by atoms with Gasteiger partial charge in [-0.15, -0.1) is 0 Å². The van der Waals surface area contributed by atoms with Crippen molar-refractivity contribution in [2.24, 2.45) is 16.9 Å². The Morgan fingerprint density at radius 2 is 1.78 bits per heavy atom. The fourth-order valence-corrected chi connectivity index (χ4v) is 7.37. The van der Waals surface area contributed by atoms with Crippen LogP contribution in [0.3, 0.4) is 0 Å². The Balaban J connectivity index is 1.19. The zero-order valence-corrected chi connectivity index (χ0v) is 25.1. The van der Waals surface area contributed by atoms with Gasteiger partial charge in [-0.1, -0.05) is 24.3 Å². The quantitative estimate of drug-likeness (QED) is 0.398. The van der Waals surface area contributed by atoms with Crippen molar-refractivity contribution in [3.63, 3.8) is 0 Å². The van der Waals surface area contributed by atoms with E-state index in [0.717, 1.165) is 75.9 Å². The average molecular weight is 558 g/mol. The lowest BCUT2D eigenvalue weighted by Gasteiger charge is -2.36. The van der Waals surface area contributed by atoms with Crippen LogP contribution in [-0.2, 0) is 10.2 Å². The summed E-state index contributed by atoms with van der Waals surface area (Å²) in [5.41, 5.74) is 4.72. The summed E-state index contributed by atoms with van der Waals surface area (Å²) < 4.78 is 5.47. The van der Waals surface area contributed by atoms with Crippen LogP contribution >= 0.6 is 0 Å².